The van der Waals surface area contributed by atoms with Crippen LogP contribution in [0, 0.1) is 0 Å². The Balaban J connectivity index is 1.69. The summed E-state index contributed by atoms with van der Waals surface area (Å²) in [6.45, 7) is 0. The Kier molecular flexibility index (Phi) is 5.20. The zero-order valence-electron chi connectivity index (χ0n) is 9.19. The number of aliphatic hydroxyl groups is 1. The summed E-state index contributed by atoms with van der Waals surface area (Å²) in [6, 6.07) is 2.11. The second kappa shape index (κ2) is 6.43. The van der Waals surface area contributed by atoms with Crippen molar-refractivity contribution in [2.75, 3.05) is 5.75 Å². The fourth-order valence-electron chi connectivity index (χ4n) is 2.05. The van der Waals surface area contributed by atoms with Gasteiger partial charge in [-0.1, -0.05) is 12.8 Å². The average molecular weight is 321 g/mol. The van der Waals surface area contributed by atoms with Gasteiger partial charge < -0.3 is 5.11 Å². The van der Waals surface area contributed by atoms with Crippen LogP contribution in [0.15, 0.2) is 15.9 Å². The van der Waals surface area contributed by atoms with Crippen LogP contribution in [0.1, 0.15) is 30.6 Å². The maximum Gasteiger partial charge on any atom is 0.0678 e. The summed E-state index contributed by atoms with van der Waals surface area (Å²) in [6.07, 6.45) is 6.08. The van der Waals surface area contributed by atoms with Crippen molar-refractivity contribution in [1.82, 2.24) is 0 Å². The summed E-state index contributed by atoms with van der Waals surface area (Å²) >= 11 is 7.12. The molecule has 1 heterocycles. The van der Waals surface area contributed by atoms with Crippen molar-refractivity contribution < 1.29 is 5.11 Å². The smallest absolute Gasteiger partial charge is 0.0678 e. The van der Waals surface area contributed by atoms with Gasteiger partial charge in [-0.2, -0.15) is 11.8 Å². The van der Waals surface area contributed by atoms with E-state index < -0.39 is 0 Å². The van der Waals surface area contributed by atoms with E-state index >= 15 is 0 Å². The molecule has 0 aliphatic heterocycles. The van der Waals surface area contributed by atoms with Crippen LogP contribution in [-0.2, 0) is 6.42 Å². The second-order valence-corrected chi connectivity index (χ2v) is 7.57. The number of thiophene rings is 1. The molecule has 0 bridgehead atoms. The predicted molar refractivity (Wildman–Crippen MR) is 76.4 cm³/mol. The highest BCUT2D eigenvalue weighted by molar-refractivity contribution is 9.10. The van der Waals surface area contributed by atoms with Gasteiger partial charge in [0.15, 0.2) is 0 Å². The molecule has 16 heavy (non-hydrogen) atoms. The molecule has 1 atom stereocenters. The zero-order valence-corrected chi connectivity index (χ0v) is 12.4. The molecule has 1 aliphatic rings. The molecule has 1 fully saturated rings. The van der Waals surface area contributed by atoms with Crippen LogP contribution in [0.4, 0.5) is 0 Å². The van der Waals surface area contributed by atoms with Crippen molar-refractivity contribution in [1.29, 1.82) is 0 Å². The van der Waals surface area contributed by atoms with E-state index in [1.807, 2.05) is 11.8 Å². The van der Waals surface area contributed by atoms with Gasteiger partial charge in [-0.15, -0.1) is 11.3 Å². The largest absolute Gasteiger partial charge is 0.392 e. The van der Waals surface area contributed by atoms with Crippen molar-refractivity contribution in [3.05, 3.63) is 20.8 Å². The molecule has 1 aliphatic carbocycles. The molecule has 0 aromatic carbocycles. The fraction of sp³-hybridized carbons (Fsp3) is 0.667. The molecule has 1 unspecified atom stereocenters. The van der Waals surface area contributed by atoms with Gasteiger partial charge in [0.25, 0.3) is 0 Å². The lowest BCUT2D eigenvalue weighted by Gasteiger charge is -2.12. The Morgan fingerprint density at radius 2 is 2.25 bits per heavy atom. The van der Waals surface area contributed by atoms with Gasteiger partial charge in [0.2, 0.25) is 0 Å². The molecule has 4 heteroatoms. The van der Waals surface area contributed by atoms with Crippen molar-refractivity contribution >= 4 is 39.0 Å². The molecule has 1 nitrogen and oxygen atoms in total. The minimum Gasteiger partial charge on any atom is -0.392 e. The lowest BCUT2D eigenvalue weighted by Crippen LogP contribution is -2.14. The molecule has 0 saturated heterocycles. The minimum absolute atomic E-state index is 0.184. The molecular weight excluding hydrogens is 304 g/mol. The van der Waals surface area contributed by atoms with Gasteiger partial charge in [-0.05, 0) is 34.8 Å². The first-order valence-corrected chi connectivity index (χ1v) is 8.49. The van der Waals surface area contributed by atoms with Gasteiger partial charge >= 0.3 is 0 Å². The van der Waals surface area contributed by atoms with Gasteiger partial charge in [0.05, 0.1) is 6.10 Å². The fourth-order valence-corrected chi connectivity index (χ4v) is 4.86. The highest BCUT2D eigenvalue weighted by atomic mass is 79.9. The van der Waals surface area contributed by atoms with Crippen LogP contribution in [0.25, 0.3) is 0 Å². The molecule has 2 rings (SSSR count). The molecular formula is C12H17BrOS2. The van der Waals surface area contributed by atoms with Crippen LogP contribution in [0.2, 0.25) is 0 Å². The van der Waals surface area contributed by atoms with Gasteiger partial charge in [0.1, 0.15) is 0 Å². The van der Waals surface area contributed by atoms with Gasteiger partial charge in [-0.3, -0.25) is 0 Å². The van der Waals surface area contributed by atoms with Crippen LogP contribution < -0.4 is 0 Å². The van der Waals surface area contributed by atoms with Gasteiger partial charge in [0, 0.05) is 32.2 Å². The average Bonchev–Trinajstić information content (AvgIpc) is 2.87. The lowest BCUT2D eigenvalue weighted by atomic mass is 10.2. The SMILES string of the molecule is OC(CSC1CCCC1)Cc1cc(Br)cs1. The maximum atomic E-state index is 9.94. The van der Waals surface area contributed by atoms with Crippen molar-refractivity contribution in [2.45, 2.75) is 43.5 Å². The summed E-state index contributed by atoms with van der Waals surface area (Å²) in [7, 11) is 0. The quantitative estimate of drug-likeness (QED) is 0.881. The van der Waals surface area contributed by atoms with E-state index in [2.05, 4.69) is 27.4 Å². The van der Waals surface area contributed by atoms with E-state index in [-0.39, 0.29) is 6.10 Å². The summed E-state index contributed by atoms with van der Waals surface area (Å²) < 4.78 is 1.13. The first kappa shape index (κ1) is 12.9. The monoisotopic (exact) mass is 320 g/mol. The Hall–Kier alpha value is 0.490. The maximum absolute atomic E-state index is 9.94. The Morgan fingerprint density at radius 3 is 2.88 bits per heavy atom. The molecule has 0 spiro atoms. The van der Waals surface area contributed by atoms with E-state index in [0.29, 0.717) is 0 Å². The molecule has 0 radical (unpaired) electrons. The normalized spacial score (nSPS) is 19.1. The molecule has 1 aromatic rings. The van der Waals surface area contributed by atoms with Crippen LogP contribution in [-0.4, -0.2) is 22.2 Å². The molecule has 0 amide bonds. The number of hydrogen-bond donors (Lipinski definition) is 1. The number of aliphatic hydroxyl groups excluding tert-OH is 1. The third-order valence-corrected chi connectivity index (χ3v) is 6.13. The topological polar surface area (TPSA) is 20.2 Å². The summed E-state index contributed by atoms with van der Waals surface area (Å²) in [4.78, 5) is 1.27. The van der Waals surface area contributed by atoms with Crippen LogP contribution in [0.5, 0.6) is 0 Å². The standard InChI is InChI=1S/C12H17BrOS2/c13-9-5-12(15-7-9)6-10(14)8-16-11-3-1-2-4-11/h5,7,10-11,14H,1-4,6,8H2. The number of halogens is 1. The summed E-state index contributed by atoms with van der Waals surface area (Å²) in [5.41, 5.74) is 0. The Labute approximate surface area is 114 Å². The number of thioether (sulfide) groups is 1. The predicted octanol–water partition coefficient (Wildman–Crippen LogP) is 4.09. The van der Waals surface area contributed by atoms with Crippen LogP contribution >= 0.6 is 39.0 Å². The molecule has 1 saturated carbocycles. The molecule has 1 aromatic heterocycles. The van der Waals surface area contributed by atoms with E-state index in [4.69, 9.17) is 0 Å². The van der Waals surface area contributed by atoms with E-state index in [1.54, 1.807) is 11.3 Å². The second-order valence-electron chi connectivity index (χ2n) is 4.33. The molecule has 90 valence electrons. The highest BCUT2D eigenvalue weighted by Gasteiger charge is 2.17. The minimum atomic E-state index is -0.184. The Bertz CT molecular complexity index is 321. The summed E-state index contributed by atoms with van der Waals surface area (Å²) in [5, 5.41) is 12.8. The number of hydrogen-bond acceptors (Lipinski definition) is 3. The first-order valence-electron chi connectivity index (χ1n) is 5.76. The van der Waals surface area contributed by atoms with E-state index in [1.165, 1.54) is 30.6 Å². The lowest BCUT2D eigenvalue weighted by molar-refractivity contribution is 0.201. The zero-order chi connectivity index (χ0) is 11.4. The van der Waals surface area contributed by atoms with Gasteiger partial charge in [-0.25, -0.2) is 0 Å². The molecule has 1 N–H and O–H groups in total. The van der Waals surface area contributed by atoms with Crippen molar-refractivity contribution in [3.8, 4) is 0 Å². The third-order valence-electron chi connectivity index (χ3n) is 2.89. The van der Waals surface area contributed by atoms with Crippen molar-refractivity contribution in [2.24, 2.45) is 0 Å². The third kappa shape index (κ3) is 4.06. The Morgan fingerprint density at radius 1 is 1.50 bits per heavy atom. The van der Waals surface area contributed by atoms with Crippen LogP contribution in [0.3, 0.4) is 0 Å². The highest BCUT2D eigenvalue weighted by Crippen LogP contribution is 2.30. The van der Waals surface area contributed by atoms with E-state index in [9.17, 15) is 5.11 Å². The first-order chi connectivity index (χ1) is 7.74. The van der Waals surface area contributed by atoms with Crippen molar-refractivity contribution in [3.63, 3.8) is 0 Å². The number of rotatable bonds is 5. The van der Waals surface area contributed by atoms with E-state index in [0.717, 1.165) is 21.9 Å². The summed E-state index contributed by atoms with van der Waals surface area (Å²) in [5.74, 6) is 0.889.